The van der Waals surface area contributed by atoms with E-state index in [4.69, 9.17) is 0 Å². The summed E-state index contributed by atoms with van der Waals surface area (Å²) in [6.07, 6.45) is 1.80. The van der Waals surface area contributed by atoms with E-state index >= 15 is 0 Å². The number of halogens is 3. The van der Waals surface area contributed by atoms with Gasteiger partial charge in [0.25, 0.3) is 0 Å². The predicted octanol–water partition coefficient (Wildman–Crippen LogP) is 4.24. The minimum Gasteiger partial charge on any atom is -0.296 e. The molecule has 0 spiro atoms. The summed E-state index contributed by atoms with van der Waals surface area (Å²) in [6, 6.07) is 2.14. The lowest BCUT2D eigenvalue weighted by molar-refractivity contribution is -0.141. The van der Waals surface area contributed by atoms with Gasteiger partial charge in [-0.25, -0.2) is 9.97 Å². The van der Waals surface area contributed by atoms with E-state index in [2.05, 4.69) is 15.3 Å². The highest BCUT2D eigenvalue weighted by Gasteiger charge is 2.33. The first-order chi connectivity index (χ1) is 11.8. The lowest BCUT2D eigenvalue weighted by Crippen LogP contribution is -2.18. The number of nitrogens with zero attached hydrogens (tertiary/aromatic N) is 3. The molecule has 132 valence electrons. The topological polar surface area (TPSA) is 59.8 Å². The van der Waals surface area contributed by atoms with Gasteiger partial charge in [-0.3, -0.25) is 14.7 Å². The molecule has 0 radical (unpaired) electrons. The van der Waals surface area contributed by atoms with Crippen molar-refractivity contribution in [3.63, 3.8) is 0 Å². The number of hydrogen-bond donors (Lipinski definition) is 1. The number of aromatic nitrogens is 3. The first kappa shape index (κ1) is 17.2. The molecule has 3 rings (SSSR count). The van der Waals surface area contributed by atoms with Crippen LogP contribution < -0.4 is 5.32 Å². The molecule has 1 aliphatic carbocycles. The second-order valence-corrected chi connectivity index (χ2v) is 6.02. The zero-order chi connectivity index (χ0) is 18.2. The molecule has 1 aliphatic rings. The summed E-state index contributed by atoms with van der Waals surface area (Å²) in [5.41, 5.74) is -0.0343. The number of amides is 1. The van der Waals surface area contributed by atoms with E-state index in [9.17, 15) is 18.0 Å². The fraction of sp³-hybridized carbons (Fsp3) is 0.353. The number of nitrogens with one attached hydrogen (secondary N) is 1. The third-order valence-electron chi connectivity index (χ3n) is 4.07. The van der Waals surface area contributed by atoms with Crippen LogP contribution in [-0.2, 0) is 11.0 Å². The molecular formula is C17H17F3N4O. The Kier molecular flexibility index (Phi) is 4.36. The molecule has 0 fully saturated rings. The number of hydrogen-bond acceptors (Lipinski definition) is 3. The summed E-state index contributed by atoms with van der Waals surface area (Å²) in [5.74, 6) is 0.146. The Morgan fingerprint density at radius 1 is 1.32 bits per heavy atom. The largest absolute Gasteiger partial charge is 0.433 e. The summed E-state index contributed by atoms with van der Waals surface area (Å²) in [4.78, 5) is 20.1. The number of imidazole rings is 1. The molecule has 5 nitrogen and oxygen atoms in total. The number of pyridine rings is 1. The molecule has 0 unspecified atom stereocenters. The number of alkyl halides is 3. The fourth-order valence-corrected chi connectivity index (χ4v) is 2.41. The van der Waals surface area contributed by atoms with Crippen LogP contribution in [-0.4, -0.2) is 20.4 Å². The fourth-order valence-electron chi connectivity index (χ4n) is 2.41. The van der Waals surface area contributed by atoms with Crippen molar-refractivity contribution in [2.75, 3.05) is 5.32 Å². The summed E-state index contributed by atoms with van der Waals surface area (Å²) >= 11 is 0. The average molecular weight is 350 g/mol. The normalized spacial score (nSPS) is 15.0. The third kappa shape index (κ3) is 3.42. The minimum absolute atomic E-state index is 0.0595. The standard InChI is InChI=1S/C17H17F3N4O/c1-3-10(2)9-14(25)23-16-21-12-7-8-13(17(18,19)20)22-15(12)24(16)11-5-4-6-11/h4-8,10H,3,9H2,1-2H3,(H,21,23,25)/t10-/m0/s1. The van der Waals surface area contributed by atoms with Gasteiger partial charge < -0.3 is 0 Å². The molecule has 0 aromatic carbocycles. The Bertz CT molecular complexity index is 880. The Morgan fingerprint density at radius 3 is 2.60 bits per heavy atom. The van der Waals surface area contributed by atoms with Crippen molar-refractivity contribution in [3.05, 3.63) is 36.1 Å². The number of carbonyl (C=O) groups is 1. The Labute approximate surface area is 142 Å². The van der Waals surface area contributed by atoms with Gasteiger partial charge in [0.15, 0.2) is 5.65 Å². The molecule has 2 aromatic rings. The van der Waals surface area contributed by atoms with Crippen molar-refractivity contribution in [2.45, 2.75) is 32.9 Å². The van der Waals surface area contributed by atoms with Crippen LogP contribution in [0.4, 0.5) is 19.1 Å². The number of allylic oxidation sites excluding steroid dienone is 4. The predicted molar refractivity (Wildman–Crippen MR) is 88.6 cm³/mol. The van der Waals surface area contributed by atoms with E-state index in [0.29, 0.717) is 12.1 Å². The Hall–Kier alpha value is -2.64. The molecule has 1 atom stereocenters. The molecule has 0 saturated heterocycles. The van der Waals surface area contributed by atoms with Crippen LogP contribution >= 0.6 is 0 Å². The number of carbonyl (C=O) groups excluding carboxylic acids is 1. The molecule has 0 bridgehead atoms. The molecule has 2 aromatic heterocycles. The van der Waals surface area contributed by atoms with Crippen LogP contribution in [0.15, 0.2) is 30.4 Å². The van der Waals surface area contributed by atoms with E-state index in [1.54, 1.807) is 18.2 Å². The van der Waals surface area contributed by atoms with Crippen LogP contribution in [0.25, 0.3) is 16.9 Å². The molecule has 8 heteroatoms. The second-order valence-electron chi connectivity index (χ2n) is 6.02. The maximum Gasteiger partial charge on any atom is 0.433 e. The number of anilines is 1. The van der Waals surface area contributed by atoms with Crippen molar-refractivity contribution >= 4 is 28.7 Å². The van der Waals surface area contributed by atoms with E-state index in [0.717, 1.165) is 12.5 Å². The number of fused-ring (bicyclic) bond motifs is 1. The van der Waals surface area contributed by atoms with E-state index in [1.165, 1.54) is 10.6 Å². The summed E-state index contributed by atoms with van der Waals surface area (Å²) in [6.45, 7) is 3.94. The van der Waals surface area contributed by atoms with Crippen molar-refractivity contribution in [2.24, 2.45) is 5.92 Å². The van der Waals surface area contributed by atoms with Gasteiger partial charge in [0.05, 0.1) is 5.70 Å². The highest BCUT2D eigenvalue weighted by molar-refractivity contribution is 5.93. The van der Waals surface area contributed by atoms with Crippen molar-refractivity contribution in [1.82, 2.24) is 14.5 Å². The van der Waals surface area contributed by atoms with Crippen molar-refractivity contribution < 1.29 is 18.0 Å². The molecule has 1 N–H and O–H groups in total. The number of rotatable bonds is 5. The van der Waals surface area contributed by atoms with Crippen LogP contribution in [0.2, 0.25) is 0 Å². The Morgan fingerprint density at radius 2 is 2.04 bits per heavy atom. The van der Waals surface area contributed by atoms with Crippen LogP contribution in [0, 0.1) is 5.92 Å². The zero-order valence-electron chi connectivity index (χ0n) is 13.8. The second kappa shape index (κ2) is 6.34. The first-order valence-corrected chi connectivity index (χ1v) is 7.95. The highest BCUT2D eigenvalue weighted by Crippen LogP contribution is 2.32. The highest BCUT2D eigenvalue weighted by atomic mass is 19.4. The maximum atomic E-state index is 13.0. The van der Waals surface area contributed by atoms with Gasteiger partial charge in [0.2, 0.25) is 11.9 Å². The minimum atomic E-state index is -4.55. The van der Waals surface area contributed by atoms with Crippen LogP contribution in [0.1, 0.15) is 32.4 Å². The van der Waals surface area contributed by atoms with Gasteiger partial charge in [-0.1, -0.05) is 26.3 Å². The van der Waals surface area contributed by atoms with Gasteiger partial charge in [-0.05, 0) is 30.2 Å². The van der Waals surface area contributed by atoms with E-state index in [1.807, 2.05) is 13.8 Å². The maximum absolute atomic E-state index is 13.0. The Balaban J connectivity index is 2.02. The summed E-state index contributed by atoms with van der Waals surface area (Å²) < 4.78 is 40.3. The molecule has 1 amide bonds. The van der Waals surface area contributed by atoms with Gasteiger partial charge in [-0.2, -0.15) is 13.2 Å². The molecule has 25 heavy (non-hydrogen) atoms. The van der Waals surface area contributed by atoms with E-state index in [-0.39, 0.29) is 28.9 Å². The van der Waals surface area contributed by atoms with Crippen molar-refractivity contribution in [3.8, 4) is 0 Å². The molecule has 0 saturated carbocycles. The third-order valence-corrected chi connectivity index (χ3v) is 4.07. The summed E-state index contributed by atoms with van der Waals surface area (Å²) in [7, 11) is 0. The lowest BCUT2D eigenvalue weighted by atomic mass is 10.1. The van der Waals surface area contributed by atoms with Gasteiger partial charge in [0, 0.05) is 6.42 Å². The van der Waals surface area contributed by atoms with Gasteiger partial charge in [-0.15, -0.1) is 0 Å². The SMILES string of the molecule is CC[C@H](C)CC(=O)Nc1nc2ccc(C(F)(F)F)nc2n1C1=CC=C1. The lowest BCUT2D eigenvalue weighted by Gasteiger charge is -2.14. The molecule has 0 aliphatic heterocycles. The van der Waals surface area contributed by atoms with Gasteiger partial charge >= 0.3 is 6.18 Å². The van der Waals surface area contributed by atoms with Crippen molar-refractivity contribution in [1.29, 1.82) is 0 Å². The first-order valence-electron chi connectivity index (χ1n) is 7.95. The van der Waals surface area contributed by atoms with E-state index < -0.39 is 11.9 Å². The smallest absolute Gasteiger partial charge is 0.296 e. The van der Waals surface area contributed by atoms with Crippen LogP contribution in [0.3, 0.4) is 0 Å². The monoisotopic (exact) mass is 350 g/mol. The average Bonchev–Trinajstić information content (AvgIpc) is 2.82. The van der Waals surface area contributed by atoms with Crippen LogP contribution in [0.5, 0.6) is 0 Å². The molecule has 2 heterocycles. The molecular weight excluding hydrogens is 333 g/mol. The summed E-state index contributed by atoms with van der Waals surface area (Å²) in [5, 5.41) is 2.69. The zero-order valence-corrected chi connectivity index (χ0v) is 13.8. The quantitative estimate of drug-likeness (QED) is 0.878. The van der Waals surface area contributed by atoms with Gasteiger partial charge in [0.1, 0.15) is 11.2 Å².